The first-order valence-corrected chi connectivity index (χ1v) is 10.4. The number of hydrogen-bond donors (Lipinski definition) is 1. The average molecular weight is 428 g/mol. The summed E-state index contributed by atoms with van der Waals surface area (Å²) in [4.78, 5) is 22.0. The fourth-order valence-electron chi connectivity index (χ4n) is 3.72. The van der Waals surface area contributed by atoms with Crippen molar-refractivity contribution in [2.24, 2.45) is 10.7 Å². The molecule has 1 aromatic carbocycles. The number of carbonyl (C=O) groups excluding carboxylic acids is 1. The van der Waals surface area contributed by atoms with E-state index in [1.54, 1.807) is 30.1 Å². The Labute approximate surface area is 180 Å². The highest BCUT2D eigenvalue weighted by atomic mass is 32.2. The van der Waals surface area contributed by atoms with Gasteiger partial charge in [0.1, 0.15) is 16.8 Å². The first-order valence-electron chi connectivity index (χ1n) is 9.59. The predicted octanol–water partition coefficient (Wildman–Crippen LogP) is 2.96. The Bertz CT molecular complexity index is 1000. The molecule has 0 radical (unpaired) electrons. The van der Waals surface area contributed by atoms with Crippen LogP contribution in [0, 0.1) is 11.3 Å². The smallest absolute Gasteiger partial charge is 0.254 e. The van der Waals surface area contributed by atoms with Crippen LogP contribution in [-0.2, 0) is 4.79 Å². The number of para-hydroxylation sites is 1. The van der Waals surface area contributed by atoms with Crippen molar-refractivity contribution in [3.63, 3.8) is 0 Å². The molecule has 0 fully saturated rings. The van der Waals surface area contributed by atoms with E-state index in [0.717, 1.165) is 0 Å². The third-order valence-corrected chi connectivity index (χ3v) is 6.16. The molecule has 0 unspecified atom stereocenters. The van der Waals surface area contributed by atoms with Gasteiger partial charge in [0.05, 0.1) is 31.5 Å². The van der Waals surface area contributed by atoms with Gasteiger partial charge in [0.25, 0.3) is 5.91 Å². The van der Waals surface area contributed by atoms with E-state index in [4.69, 9.17) is 15.2 Å². The van der Waals surface area contributed by atoms with Crippen LogP contribution < -0.4 is 15.2 Å². The van der Waals surface area contributed by atoms with E-state index in [1.165, 1.54) is 11.8 Å². The van der Waals surface area contributed by atoms with E-state index in [0.29, 0.717) is 51.5 Å². The Morgan fingerprint density at radius 2 is 2.03 bits per heavy atom. The van der Waals surface area contributed by atoms with E-state index in [-0.39, 0.29) is 11.7 Å². The summed E-state index contributed by atoms with van der Waals surface area (Å²) in [6.45, 7) is 6.80. The summed E-state index contributed by atoms with van der Waals surface area (Å²) in [5, 5.41) is 10.1. The van der Waals surface area contributed by atoms with Crippen LogP contribution in [0.5, 0.6) is 11.5 Å². The van der Waals surface area contributed by atoms with Gasteiger partial charge in [-0.15, -0.1) is 0 Å². The minimum atomic E-state index is -0.603. The summed E-state index contributed by atoms with van der Waals surface area (Å²) >= 11 is 1.20. The van der Waals surface area contributed by atoms with Crippen molar-refractivity contribution in [3.8, 4) is 17.6 Å². The third kappa shape index (κ3) is 3.37. The van der Waals surface area contributed by atoms with Gasteiger partial charge in [0.2, 0.25) is 0 Å². The van der Waals surface area contributed by atoms with Gasteiger partial charge < -0.3 is 20.1 Å². The standard InChI is InChI=1S/C21H25N5O3S/c1-6-25(7-2)20(27)16-12(3)24-21-26(19(23)15(11-22)30-21)17(16)13-9-8-10-14(28-4)18(13)29-5/h8-10,17H,6-7,23H2,1-5H3/t17-/m0/s1. The maximum Gasteiger partial charge on any atom is 0.254 e. The minimum Gasteiger partial charge on any atom is -0.493 e. The first kappa shape index (κ1) is 21.6. The van der Waals surface area contributed by atoms with Gasteiger partial charge in [0, 0.05) is 18.7 Å². The molecule has 0 spiro atoms. The molecule has 30 heavy (non-hydrogen) atoms. The van der Waals surface area contributed by atoms with Gasteiger partial charge in [-0.05, 0) is 38.6 Å². The summed E-state index contributed by atoms with van der Waals surface area (Å²) in [6.07, 6.45) is 0. The molecule has 0 aromatic heterocycles. The molecule has 2 aliphatic rings. The Morgan fingerprint density at radius 1 is 1.33 bits per heavy atom. The number of benzene rings is 1. The van der Waals surface area contributed by atoms with Crippen molar-refractivity contribution in [1.29, 1.82) is 5.26 Å². The summed E-state index contributed by atoms with van der Waals surface area (Å²) in [7, 11) is 3.12. The Morgan fingerprint density at radius 3 is 2.60 bits per heavy atom. The highest BCUT2D eigenvalue weighted by Crippen LogP contribution is 2.49. The van der Waals surface area contributed by atoms with Crippen molar-refractivity contribution < 1.29 is 14.3 Å². The zero-order valence-corrected chi connectivity index (χ0v) is 18.5. The molecule has 1 aromatic rings. The topological polar surface area (TPSA) is 104 Å². The van der Waals surface area contributed by atoms with Crippen molar-refractivity contribution in [2.45, 2.75) is 26.8 Å². The van der Waals surface area contributed by atoms with E-state index >= 15 is 0 Å². The number of thioether (sulfide) groups is 1. The fraction of sp³-hybridized carbons (Fsp3) is 0.381. The molecule has 0 bridgehead atoms. The number of ether oxygens (including phenoxy) is 2. The number of rotatable bonds is 6. The predicted molar refractivity (Wildman–Crippen MR) is 117 cm³/mol. The molecule has 9 heteroatoms. The number of nitrogens with zero attached hydrogens (tertiary/aromatic N) is 4. The average Bonchev–Trinajstić information content (AvgIpc) is 3.07. The van der Waals surface area contributed by atoms with Crippen LogP contribution in [0.1, 0.15) is 32.4 Å². The van der Waals surface area contributed by atoms with Gasteiger partial charge in [-0.3, -0.25) is 9.69 Å². The highest BCUT2D eigenvalue weighted by molar-refractivity contribution is 8.17. The molecule has 1 amide bonds. The van der Waals surface area contributed by atoms with Gasteiger partial charge in [-0.1, -0.05) is 12.1 Å². The van der Waals surface area contributed by atoms with Crippen molar-refractivity contribution >= 4 is 22.8 Å². The summed E-state index contributed by atoms with van der Waals surface area (Å²) < 4.78 is 11.1. The zero-order chi connectivity index (χ0) is 22.0. The SMILES string of the molecule is CCN(CC)C(=O)C1=C(C)N=C2SC(C#N)=C(N)N2[C@H]1c1cccc(OC)c1OC. The Balaban J connectivity index is 2.29. The molecule has 2 aliphatic heterocycles. The van der Waals surface area contributed by atoms with Gasteiger partial charge >= 0.3 is 0 Å². The fourth-order valence-corrected chi connectivity index (χ4v) is 4.63. The van der Waals surface area contributed by atoms with E-state index < -0.39 is 6.04 Å². The number of aliphatic imine (C=N–C) groups is 1. The lowest BCUT2D eigenvalue weighted by Crippen LogP contribution is -2.42. The minimum absolute atomic E-state index is 0.126. The molecule has 8 nitrogen and oxygen atoms in total. The van der Waals surface area contributed by atoms with Crippen LogP contribution in [0.4, 0.5) is 0 Å². The number of amidine groups is 1. The maximum atomic E-state index is 13.5. The second kappa shape index (κ2) is 8.71. The molecule has 2 heterocycles. The van der Waals surface area contributed by atoms with E-state index in [1.807, 2.05) is 32.9 Å². The molecule has 0 saturated heterocycles. The number of carbonyl (C=O) groups is 1. The maximum absolute atomic E-state index is 13.5. The first-order chi connectivity index (χ1) is 14.4. The lowest BCUT2D eigenvalue weighted by Gasteiger charge is -2.37. The normalized spacial score (nSPS) is 18.1. The molecule has 1 atom stereocenters. The van der Waals surface area contributed by atoms with Crippen LogP contribution >= 0.6 is 11.8 Å². The Hall–Kier alpha value is -3.12. The monoisotopic (exact) mass is 427 g/mol. The van der Waals surface area contributed by atoms with Gasteiger partial charge in [-0.2, -0.15) is 5.26 Å². The van der Waals surface area contributed by atoms with Crippen LogP contribution in [0.3, 0.4) is 0 Å². The number of allylic oxidation sites excluding steroid dienone is 2. The number of hydrogen-bond acceptors (Lipinski definition) is 8. The molecule has 2 N–H and O–H groups in total. The third-order valence-electron chi connectivity index (χ3n) is 5.19. The van der Waals surface area contributed by atoms with Crippen molar-refractivity contribution in [2.75, 3.05) is 27.3 Å². The number of likely N-dealkylation sites (N-methyl/N-ethyl adjacent to an activating group) is 1. The molecule has 158 valence electrons. The van der Waals surface area contributed by atoms with Crippen LogP contribution in [0.15, 0.2) is 45.2 Å². The zero-order valence-electron chi connectivity index (χ0n) is 17.7. The second-order valence-corrected chi connectivity index (χ2v) is 7.63. The quantitative estimate of drug-likeness (QED) is 0.744. The van der Waals surface area contributed by atoms with Crippen molar-refractivity contribution in [1.82, 2.24) is 9.80 Å². The second-order valence-electron chi connectivity index (χ2n) is 6.65. The van der Waals surface area contributed by atoms with Crippen molar-refractivity contribution in [3.05, 3.63) is 45.8 Å². The highest BCUT2D eigenvalue weighted by Gasteiger charge is 2.44. The number of nitriles is 1. The number of amides is 1. The Kier molecular flexibility index (Phi) is 6.27. The lowest BCUT2D eigenvalue weighted by atomic mass is 9.92. The van der Waals surface area contributed by atoms with Gasteiger partial charge in [0.15, 0.2) is 16.7 Å². The summed E-state index contributed by atoms with van der Waals surface area (Å²) in [5.74, 6) is 1.19. The molecular weight excluding hydrogens is 402 g/mol. The molecule has 0 saturated carbocycles. The molecule has 3 rings (SSSR count). The number of fused-ring (bicyclic) bond motifs is 1. The van der Waals surface area contributed by atoms with Crippen LogP contribution in [0.2, 0.25) is 0 Å². The van der Waals surface area contributed by atoms with E-state index in [9.17, 15) is 10.1 Å². The van der Waals surface area contributed by atoms with E-state index in [2.05, 4.69) is 11.1 Å². The number of methoxy groups -OCH3 is 2. The summed E-state index contributed by atoms with van der Waals surface area (Å²) in [5.41, 5.74) is 8.14. The summed E-state index contributed by atoms with van der Waals surface area (Å²) in [6, 6.07) is 7.03. The lowest BCUT2D eigenvalue weighted by molar-refractivity contribution is -0.127. The van der Waals surface area contributed by atoms with Gasteiger partial charge in [-0.25, -0.2) is 4.99 Å². The van der Waals surface area contributed by atoms with Crippen LogP contribution in [-0.4, -0.2) is 48.2 Å². The molecular formula is C21H25N5O3S. The van der Waals surface area contributed by atoms with Crippen LogP contribution in [0.25, 0.3) is 0 Å². The molecule has 0 aliphatic carbocycles. The number of nitrogens with two attached hydrogens (primary N) is 1. The largest absolute Gasteiger partial charge is 0.493 e.